The summed E-state index contributed by atoms with van der Waals surface area (Å²) in [5.41, 5.74) is 8.22. The molecule has 1 fully saturated rings. The highest BCUT2D eigenvalue weighted by Gasteiger charge is 2.18. The van der Waals surface area contributed by atoms with Gasteiger partial charge in [0.05, 0.1) is 0 Å². The van der Waals surface area contributed by atoms with Gasteiger partial charge >= 0.3 is 0 Å². The van der Waals surface area contributed by atoms with Crippen molar-refractivity contribution in [2.75, 3.05) is 39.0 Å². The van der Waals surface area contributed by atoms with Gasteiger partial charge in [0.25, 0.3) is 0 Å². The number of rotatable bonds is 4. The van der Waals surface area contributed by atoms with Crippen molar-refractivity contribution in [1.29, 1.82) is 0 Å². The molecule has 1 heterocycles. The number of nitrogens with zero attached hydrogens (tertiary/aromatic N) is 2. The molecule has 0 saturated carbocycles. The van der Waals surface area contributed by atoms with Gasteiger partial charge in [0.1, 0.15) is 0 Å². The average Bonchev–Trinajstić information content (AvgIpc) is 2.53. The number of benzene rings is 1. The highest BCUT2D eigenvalue weighted by molar-refractivity contribution is 5.46. The summed E-state index contributed by atoms with van der Waals surface area (Å²) < 4.78 is 0. The quantitative estimate of drug-likeness (QED) is 0.844. The van der Waals surface area contributed by atoms with Crippen molar-refractivity contribution in [2.45, 2.75) is 32.2 Å². The Morgan fingerprint density at radius 1 is 1.26 bits per heavy atom. The van der Waals surface area contributed by atoms with Crippen LogP contribution in [0, 0.1) is 0 Å². The highest BCUT2D eigenvalue weighted by Crippen LogP contribution is 2.14. The van der Waals surface area contributed by atoms with Crippen molar-refractivity contribution in [2.24, 2.45) is 0 Å². The van der Waals surface area contributed by atoms with E-state index < -0.39 is 0 Å². The fraction of sp³-hybridized carbons (Fsp3) is 0.625. The number of para-hydroxylation sites is 1. The third-order valence-electron chi connectivity index (χ3n) is 4.13. The summed E-state index contributed by atoms with van der Waals surface area (Å²) in [5, 5.41) is 0. The normalized spacial score (nSPS) is 22.3. The van der Waals surface area contributed by atoms with Gasteiger partial charge in [-0.25, -0.2) is 0 Å². The smallest absolute Gasteiger partial charge is 0.0346 e. The Bertz CT molecular complexity index is 391. The maximum atomic E-state index is 5.99. The van der Waals surface area contributed by atoms with Crippen LogP contribution < -0.4 is 5.73 Å². The second-order valence-electron chi connectivity index (χ2n) is 5.80. The highest BCUT2D eigenvalue weighted by atomic mass is 15.2. The molecule has 3 nitrogen and oxygen atoms in total. The van der Waals surface area contributed by atoms with E-state index in [9.17, 15) is 0 Å². The fourth-order valence-corrected chi connectivity index (χ4v) is 2.99. The zero-order chi connectivity index (χ0) is 13.7. The summed E-state index contributed by atoms with van der Waals surface area (Å²) >= 11 is 0. The van der Waals surface area contributed by atoms with Crippen LogP contribution in [0.25, 0.3) is 0 Å². The average molecular weight is 261 g/mol. The van der Waals surface area contributed by atoms with E-state index >= 15 is 0 Å². The van der Waals surface area contributed by atoms with Gasteiger partial charge in [-0.1, -0.05) is 18.2 Å². The van der Waals surface area contributed by atoms with E-state index in [4.69, 9.17) is 5.73 Å². The molecule has 3 heteroatoms. The van der Waals surface area contributed by atoms with E-state index in [0.717, 1.165) is 12.1 Å². The number of likely N-dealkylation sites (N-methyl/N-ethyl adjacent to an activating group) is 1. The van der Waals surface area contributed by atoms with E-state index in [2.05, 4.69) is 35.9 Å². The minimum Gasteiger partial charge on any atom is -0.399 e. The summed E-state index contributed by atoms with van der Waals surface area (Å²) in [7, 11) is 2.23. The van der Waals surface area contributed by atoms with Crippen LogP contribution in [0.4, 0.5) is 5.69 Å². The minimum absolute atomic E-state index is 0.667. The second kappa shape index (κ2) is 6.92. The molecule has 19 heavy (non-hydrogen) atoms. The van der Waals surface area contributed by atoms with Crippen molar-refractivity contribution in [3.05, 3.63) is 29.8 Å². The fourth-order valence-electron chi connectivity index (χ4n) is 2.99. The van der Waals surface area contributed by atoms with Crippen molar-refractivity contribution < 1.29 is 0 Å². The molecule has 1 aliphatic heterocycles. The van der Waals surface area contributed by atoms with Crippen molar-refractivity contribution in [3.8, 4) is 0 Å². The maximum absolute atomic E-state index is 5.99. The number of nitrogen functional groups attached to an aromatic ring is 1. The van der Waals surface area contributed by atoms with Crippen LogP contribution in [-0.2, 0) is 6.42 Å². The summed E-state index contributed by atoms with van der Waals surface area (Å²) in [6.07, 6.45) is 3.57. The number of nitrogens with two attached hydrogens (primary N) is 1. The first-order chi connectivity index (χ1) is 9.16. The lowest BCUT2D eigenvalue weighted by atomic mass is 10.1. The Morgan fingerprint density at radius 2 is 2.05 bits per heavy atom. The maximum Gasteiger partial charge on any atom is 0.0346 e. The molecule has 1 aliphatic rings. The molecule has 106 valence electrons. The van der Waals surface area contributed by atoms with E-state index in [0.29, 0.717) is 6.04 Å². The third kappa shape index (κ3) is 4.22. The predicted octanol–water partition coefficient (Wildman–Crippen LogP) is 2.23. The summed E-state index contributed by atoms with van der Waals surface area (Å²) in [6, 6.07) is 8.90. The van der Waals surface area contributed by atoms with Gasteiger partial charge in [-0.05, 0) is 64.5 Å². The third-order valence-corrected chi connectivity index (χ3v) is 4.13. The Morgan fingerprint density at radius 3 is 2.84 bits per heavy atom. The predicted molar refractivity (Wildman–Crippen MR) is 82.3 cm³/mol. The first-order valence-electron chi connectivity index (χ1n) is 7.43. The largest absolute Gasteiger partial charge is 0.399 e. The molecule has 0 aromatic heterocycles. The Hall–Kier alpha value is -1.06. The molecular formula is C16H27N3. The zero-order valence-corrected chi connectivity index (χ0v) is 12.3. The standard InChI is InChI=1S/C16H27N3/c1-14-13-18(2)10-6-12-19(14)11-5-8-15-7-3-4-9-16(15)17/h3-4,7,9,14H,5-6,8,10-13,17H2,1-2H3. The van der Waals surface area contributed by atoms with Crippen molar-refractivity contribution >= 4 is 5.69 Å². The molecule has 0 amide bonds. The van der Waals surface area contributed by atoms with Gasteiger partial charge in [0.15, 0.2) is 0 Å². The lowest BCUT2D eigenvalue weighted by Gasteiger charge is -2.27. The number of hydrogen-bond acceptors (Lipinski definition) is 3. The molecular weight excluding hydrogens is 234 g/mol. The number of aryl methyl sites for hydroxylation is 1. The molecule has 1 aromatic rings. The first-order valence-corrected chi connectivity index (χ1v) is 7.43. The van der Waals surface area contributed by atoms with Gasteiger partial charge in [-0.15, -0.1) is 0 Å². The van der Waals surface area contributed by atoms with Crippen LogP contribution in [-0.4, -0.2) is 49.1 Å². The lowest BCUT2D eigenvalue weighted by molar-refractivity contribution is 0.200. The molecule has 1 aromatic carbocycles. The van der Waals surface area contributed by atoms with E-state index in [1.54, 1.807) is 0 Å². The molecule has 1 unspecified atom stereocenters. The van der Waals surface area contributed by atoms with E-state index in [-0.39, 0.29) is 0 Å². The van der Waals surface area contributed by atoms with Crippen LogP contribution in [0.3, 0.4) is 0 Å². The van der Waals surface area contributed by atoms with Gasteiger partial charge in [-0.2, -0.15) is 0 Å². The van der Waals surface area contributed by atoms with Crippen molar-refractivity contribution in [1.82, 2.24) is 9.80 Å². The first kappa shape index (κ1) is 14.4. The van der Waals surface area contributed by atoms with E-state index in [1.807, 2.05) is 12.1 Å². The summed E-state index contributed by atoms with van der Waals surface area (Å²) in [6.45, 7) is 7.18. The van der Waals surface area contributed by atoms with Crippen LogP contribution in [0.5, 0.6) is 0 Å². The molecule has 0 aliphatic carbocycles. The molecule has 2 N–H and O–H groups in total. The molecule has 0 spiro atoms. The van der Waals surface area contributed by atoms with Crippen LogP contribution in [0.1, 0.15) is 25.3 Å². The minimum atomic E-state index is 0.667. The monoisotopic (exact) mass is 261 g/mol. The van der Waals surface area contributed by atoms with Crippen LogP contribution in [0.15, 0.2) is 24.3 Å². The van der Waals surface area contributed by atoms with Crippen LogP contribution in [0.2, 0.25) is 0 Å². The molecule has 1 saturated heterocycles. The molecule has 0 radical (unpaired) electrons. The Labute approximate surface area is 117 Å². The zero-order valence-electron chi connectivity index (χ0n) is 12.3. The van der Waals surface area contributed by atoms with Crippen LogP contribution >= 0.6 is 0 Å². The van der Waals surface area contributed by atoms with Gasteiger partial charge in [0.2, 0.25) is 0 Å². The Balaban J connectivity index is 1.80. The topological polar surface area (TPSA) is 32.5 Å². The summed E-state index contributed by atoms with van der Waals surface area (Å²) in [5.74, 6) is 0. The van der Waals surface area contributed by atoms with Crippen molar-refractivity contribution in [3.63, 3.8) is 0 Å². The Kier molecular flexibility index (Phi) is 5.23. The lowest BCUT2D eigenvalue weighted by Crippen LogP contribution is -2.38. The molecule has 2 rings (SSSR count). The molecule has 1 atom stereocenters. The second-order valence-corrected chi connectivity index (χ2v) is 5.80. The number of hydrogen-bond donors (Lipinski definition) is 1. The summed E-state index contributed by atoms with van der Waals surface area (Å²) in [4.78, 5) is 5.07. The SMILES string of the molecule is CC1CN(C)CCCN1CCCc1ccccc1N. The van der Waals surface area contributed by atoms with E-state index in [1.165, 1.54) is 44.6 Å². The van der Waals surface area contributed by atoms with Gasteiger partial charge in [-0.3, -0.25) is 4.90 Å². The number of anilines is 1. The van der Waals surface area contributed by atoms with Gasteiger partial charge < -0.3 is 10.6 Å². The molecule has 0 bridgehead atoms. The van der Waals surface area contributed by atoms with Gasteiger partial charge in [0, 0.05) is 18.3 Å².